The Bertz CT molecular complexity index is 1510. The molecule has 0 aliphatic heterocycles. The summed E-state index contributed by atoms with van der Waals surface area (Å²) in [5.41, 5.74) is -5.13. The molecule has 4 aromatic rings. The van der Waals surface area contributed by atoms with Crippen LogP contribution in [0.4, 0.5) is 43.9 Å². The molecular weight excluding hydrogens is 780 g/mol. The van der Waals surface area contributed by atoms with Gasteiger partial charge in [-0.1, -0.05) is 60.7 Å². The van der Waals surface area contributed by atoms with Crippen molar-refractivity contribution >= 4 is 63.5 Å². The van der Waals surface area contributed by atoms with E-state index in [0.29, 0.717) is 0 Å². The van der Waals surface area contributed by atoms with Crippen LogP contribution >= 0.6 is 45.2 Å². The second kappa shape index (κ2) is 11.9. The first-order valence-corrected chi connectivity index (χ1v) is 13.0. The number of benzene rings is 4. The Morgan fingerprint density at radius 2 is 0.575 bits per heavy atom. The predicted molar refractivity (Wildman–Crippen MR) is 147 cm³/mol. The van der Waals surface area contributed by atoms with Gasteiger partial charge >= 0.3 is 0 Å². The van der Waals surface area contributed by atoms with Gasteiger partial charge in [0.1, 0.15) is 0 Å². The summed E-state index contributed by atoms with van der Waals surface area (Å²) in [5.74, 6) is -24.1. The molecule has 0 unspecified atom stereocenters. The summed E-state index contributed by atoms with van der Waals surface area (Å²) < 4.78 is 146. The maximum atomic E-state index is 15.3. The molecule has 12 heteroatoms. The fourth-order valence-corrected chi connectivity index (χ4v) is 5.59. The minimum absolute atomic E-state index is 0.0701. The maximum absolute atomic E-state index is 15.3. The van der Waals surface area contributed by atoms with Crippen molar-refractivity contribution in [3.63, 3.8) is 0 Å². The lowest BCUT2D eigenvalue weighted by atomic mass is 9.87. The van der Waals surface area contributed by atoms with Crippen molar-refractivity contribution in [2.75, 3.05) is 0 Å². The van der Waals surface area contributed by atoms with Crippen LogP contribution in [0, 0.1) is 58.2 Å². The van der Waals surface area contributed by atoms with Gasteiger partial charge in [0, 0.05) is 18.3 Å². The van der Waals surface area contributed by atoms with E-state index in [9.17, 15) is 26.3 Å². The zero-order valence-electron chi connectivity index (χ0n) is 19.3. The third kappa shape index (κ3) is 5.15. The summed E-state index contributed by atoms with van der Waals surface area (Å²) >= 11 is 2.89. The Hall–Kier alpha value is -2.88. The fourth-order valence-electron chi connectivity index (χ4n) is 3.80. The molecule has 206 valence electrons. The molecule has 0 atom stereocenters. The lowest BCUT2D eigenvalue weighted by molar-refractivity contribution is 0.375. The Morgan fingerprint density at radius 3 is 0.825 bits per heavy atom. The van der Waals surface area contributed by atoms with Crippen LogP contribution in [-0.2, 0) is 0 Å². The number of allylic oxidation sites excluding steroid dienone is 2. The van der Waals surface area contributed by atoms with Gasteiger partial charge in [0.05, 0.1) is 11.1 Å². The quantitative estimate of drug-likeness (QED) is 0.0472. The minimum Gasteiger partial charge on any atom is -0.203 e. The molecule has 0 saturated heterocycles. The molecule has 0 amide bonds. The molecule has 0 nitrogen and oxygen atoms in total. The molecule has 0 saturated carbocycles. The monoisotopic (exact) mass is 790 g/mol. The zero-order chi connectivity index (χ0) is 29.5. The van der Waals surface area contributed by atoms with Crippen molar-refractivity contribution in [2.24, 2.45) is 0 Å². The van der Waals surface area contributed by atoms with E-state index < -0.39 is 80.4 Å². The molecule has 0 heterocycles. The van der Waals surface area contributed by atoms with Crippen molar-refractivity contribution < 1.29 is 43.9 Å². The van der Waals surface area contributed by atoms with Crippen molar-refractivity contribution in [3.8, 4) is 0 Å². The van der Waals surface area contributed by atoms with E-state index >= 15 is 17.6 Å². The molecule has 40 heavy (non-hydrogen) atoms. The van der Waals surface area contributed by atoms with Crippen LogP contribution in [0.5, 0.6) is 0 Å². The lowest BCUT2D eigenvalue weighted by Gasteiger charge is -2.22. The van der Waals surface area contributed by atoms with Gasteiger partial charge in [-0.2, -0.15) is 0 Å². The van der Waals surface area contributed by atoms with E-state index in [1.807, 2.05) is 0 Å². The van der Waals surface area contributed by atoms with E-state index in [4.69, 9.17) is 0 Å². The van der Waals surface area contributed by atoms with Gasteiger partial charge in [-0.05, 0) is 56.3 Å². The molecule has 0 bridgehead atoms. The Labute approximate surface area is 247 Å². The summed E-state index contributed by atoms with van der Waals surface area (Å²) in [6, 6.07) is 14.2. The highest BCUT2D eigenvalue weighted by Crippen LogP contribution is 2.49. The third-order valence-corrected chi connectivity index (χ3v) is 7.99. The Balaban J connectivity index is 2.34. The lowest BCUT2D eigenvalue weighted by Crippen LogP contribution is -2.12. The van der Waals surface area contributed by atoms with Gasteiger partial charge in [-0.25, -0.2) is 43.9 Å². The topological polar surface area (TPSA) is 0 Å². The zero-order valence-corrected chi connectivity index (χ0v) is 23.6. The fraction of sp³-hybridized carbons (Fsp3) is 0. The average Bonchev–Trinajstić information content (AvgIpc) is 2.98. The summed E-state index contributed by atoms with van der Waals surface area (Å²) in [5, 5.41) is 0. The molecule has 4 rings (SSSR count). The van der Waals surface area contributed by atoms with Crippen LogP contribution in [0.2, 0.25) is 0 Å². The standard InChI is InChI=1S/C28H10F10I2/c29-17-15(18(30)22(34)25(37)21(17)33)13(27(39)11-7-3-1-4-8-11)14(28(40)12-9-5-2-6-10-12)16-19(31)23(35)26(38)24(36)20(16)32/h1-10H/b27-13+,28-14+. The van der Waals surface area contributed by atoms with Gasteiger partial charge < -0.3 is 0 Å². The summed E-state index contributed by atoms with van der Waals surface area (Å²) in [6.45, 7) is 0. The van der Waals surface area contributed by atoms with E-state index in [1.165, 1.54) is 106 Å². The van der Waals surface area contributed by atoms with Crippen LogP contribution in [0.1, 0.15) is 22.3 Å². The van der Waals surface area contributed by atoms with Crippen molar-refractivity contribution in [2.45, 2.75) is 0 Å². The molecule has 4 aromatic carbocycles. The molecule has 0 N–H and O–H groups in total. The highest BCUT2D eigenvalue weighted by atomic mass is 127. The van der Waals surface area contributed by atoms with Crippen LogP contribution in [0.3, 0.4) is 0 Å². The maximum Gasteiger partial charge on any atom is 0.200 e. The predicted octanol–water partition coefficient (Wildman–Crippen LogP) is 10.4. The van der Waals surface area contributed by atoms with E-state index in [0.717, 1.165) is 0 Å². The summed E-state index contributed by atoms with van der Waals surface area (Å²) in [7, 11) is 0. The van der Waals surface area contributed by atoms with Crippen molar-refractivity contribution in [1.29, 1.82) is 0 Å². The minimum atomic E-state index is -2.51. The van der Waals surface area contributed by atoms with Crippen LogP contribution < -0.4 is 0 Å². The van der Waals surface area contributed by atoms with Gasteiger partial charge in [-0.15, -0.1) is 0 Å². The SMILES string of the molecule is Fc1c(F)c(F)c(C(=C(/I)c2ccccc2)/C(=C(\I)c2ccccc2)c2c(F)c(F)c(F)c(F)c2F)c(F)c1F. The van der Waals surface area contributed by atoms with Gasteiger partial charge in [0.2, 0.25) is 11.6 Å². The number of rotatable bonds is 5. The third-order valence-electron chi connectivity index (χ3n) is 5.66. The molecule has 0 fully saturated rings. The highest BCUT2D eigenvalue weighted by molar-refractivity contribution is 14.1. The van der Waals surface area contributed by atoms with E-state index in [-0.39, 0.29) is 18.3 Å². The summed E-state index contributed by atoms with van der Waals surface area (Å²) in [4.78, 5) is 0. The average molecular weight is 790 g/mol. The smallest absolute Gasteiger partial charge is 0.200 e. The largest absolute Gasteiger partial charge is 0.203 e. The van der Waals surface area contributed by atoms with Crippen molar-refractivity contribution in [3.05, 3.63) is 141 Å². The molecule has 0 aromatic heterocycles. The Morgan fingerprint density at radius 1 is 0.350 bits per heavy atom. The second-order valence-electron chi connectivity index (χ2n) is 8.00. The van der Waals surface area contributed by atoms with Crippen LogP contribution in [0.15, 0.2) is 60.7 Å². The second-order valence-corrected chi connectivity index (χ2v) is 10.2. The number of hydrogen-bond donors (Lipinski definition) is 0. The normalized spacial score (nSPS) is 12.8. The Kier molecular flexibility index (Phi) is 8.97. The molecular formula is C28H10F10I2. The van der Waals surface area contributed by atoms with Crippen LogP contribution in [-0.4, -0.2) is 0 Å². The molecule has 0 spiro atoms. The molecule has 0 aliphatic carbocycles. The first-order chi connectivity index (χ1) is 18.9. The van der Waals surface area contributed by atoms with Crippen LogP contribution in [0.25, 0.3) is 18.3 Å². The van der Waals surface area contributed by atoms with Crippen molar-refractivity contribution in [1.82, 2.24) is 0 Å². The molecule has 0 aliphatic rings. The van der Waals surface area contributed by atoms with Gasteiger partial charge in [0.15, 0.2) is 46.5 Å². The van der Waals surface area contributed by atoms with Gasteiger partial charge in [-0.3, -0.25) is 0 Å². The van der Waals surface area contributed by atoms with Gasteiger partial charge in [0.25, 0.3) is 0 Å². The van der Waals surface area contributed by atoms with E-state index in [2.05, 4.69) is 0 Å². The summed E-state index contributed by atoms with van der Waals surface area (Å²) in [6.07, 6.45) is 0. The number of halogens is 12. The molecule has 0 radical (unpaired) electrons. The first-order valence-electron chi connectivity index (χ1n) is 10.8. The van der Waals surface area contributed by atoms with E-state index in [1.54, 1.807) is 0 Å². The number of hydrogen-bond acceptors (Lipinski definition) is 0. The first kappa shape index (κ1) is 30.1. The highest BCUT2D eigenvalue weighted by Gasteiger charge is 2.36.